The topological polar surface area (TPSA) is 110 Å². The van der Waals surface area contributed by atoms with Gasteiger partial charge in [0.15, 0.2) is 0 Å². The highest BCUT2D eigenvalue weighted by molar-refractivity contribution is 7.88. The molecule has 1 aromatic rings. The zero-order valence-electron chi connectivity index (χ0n) is 11.2. The van der Waals surface area contributed by atoms with E-state index in [2.05, 4.69) is 4.72 Å². The highest BCUT2D eigenvalue weighted by atomic mass is 32.2. The second-order valence-electron chi connectivity index (χ2n) is 4.44. The van der Waals surface area contributed by atoms with E-state index in [0.29, 0.717) is 6.42 Å². The molecule has 0 aliphatic heterocycles. The molecule has 112 valence electrons. The average Bonchev–Trinajstić information content (AvgIpc) is 2.37. The van der Waals surface area contributed by atoms with Gasteiger partial charge < -0.3 is 5.11 Å². The molecule has 0 aromatic heterocycles. The Balaban J connectivity index is 2.74. The van der Waals surface area contributed by atoms with Gasteiger partial charge in [0.05, 0.1) is 16.8 Å². The number of nitro benzene ring substituents is 1. The van der Waals surface area contributed by atoms with Crippen molar-refractivity contribution in [1.82, 2.24) is 4.72 Å². The van der Waals surface area contributed by atoms with Crippen molar-refractivity contribution >= 4 is 15.7 Å². The van der Waals surface area contributed by atoms with E-state index in [9.17, 15) is 23.6 Å². The number of hydrogen-bond acceptors (Lipinski definition) is 5. The van der Waals surface area contributed by atoms with Gasteiger partial charge in [-0.25, -0.2) is 13.1 Å². The van der Waals surface area contributed by atoms with Crippen LogP contribution >= 0.6 is 0 Å². The zero-order chi connectivity index (χ0) is 15.2. The van der Waals surface area contributed by atoms with E-state index < -0.39 is 26.8 Å². The van der Waals surface area contributed by atoms with Gasteiger partial charge in [0.2, 0.25) is 10.0 Å². The summed E-state index contributed by atoms with van der Waals surface area (Å²) < 4.78 is 25.9. The van der Waals surface area contributed by atoms with Crippen LogP contribution in [0.2, 0.25) is 0 Å². The number of sulfonamides is 1. The van der Waals surface area contributed by atoms with Gasteiger partial charge in [-0.05, 0) is 6.42 Å². The summed E-state index contributed by atoms with van der Waals surface area (Å²) >= 11 is 0. The number of nitrogens with zero attached hydrogens (tertiary/aromatic N) is 1. The molecule has 1 aromatic carbocycles. The second kappa shape index (κ2) is 7.32. The molecule has 1 atom stereocenters. The second-order valence-corrected chi connectivity index (χ2v) is 6.24. The minimum Gasteiger partial charge on any atom is -0.392 e. The van der Waals surface area contributed by atoms with E-state index in [-0.39, 0.29) is 17.8 Å². The third-order valence-corrected chi connectivity index (χ3v) is 3.99. The Morgan fingerprint density at radius 2 is 2.05 bits per heavy atom. The Bertz CT molecular complexity index is 559. The molecule has 0 aliphatic carbocycles. The molecule has 0 bridgehead atoms. The molecule has 0 radical (unpaired) electrons. The van der Waals surface area contributed by atoms with Crippen LogP contribution in [0.3, 0.4) is 0 Å². The van der Waals surface area contributed by atoms with E-state index in [1.807, 2.05) is 6.92 Å². The summed E-state index contributed by atoms with van der Waals surface area (Å²) in [5.41, 5.74) is -0.109. The van der Waals surface area contributed by atoms with E-state index >= 15 is 0 Å². The summed E-state index contributed by atoms with van der Waals surface area (Å²) in [5.74, 6) is -0.483. The quantitative estimate of drug-likeness (QED) is 0.553. The fourth-order valence-corrected chi connectivity index (χ4v) is 2.93. The van der Waals surface area contributed by atoms with Gasteiger partial charge in [0.1, 0.15) is 0 Å². The van der Waals surface area contributed by atoms with E-state index in [1.54, 1.807) is 6.07 Å². The summed E-state index contributed by atoms with van der Waals surface area (Å²) in [6.07, 6.45) is 0.488. The molecule has 0 heterocycles. The first-order valence-corrected chi connectivity index (χ1v) is 7.88. The lowest BCUT2D eigenvalue weighted by atomic mass is 10.2. The third kappa shape index (κ3) is 5.24. The van der Waals surface area contributed by atoms with Crippen molar-refractivity contribution in [3.05, 3.63) is 39.9 Å². The number of rotatable bonds is 8. The Hall–Kier alpha value is -1.51. The standard InChI is InChI=1S/C12H18N2O5S/c1-2-5-11(15)8-13-20(18,19)9-10-6-3-4-7-12(10)14(16)17/h3-4,6-7,11,13,15H,2,5,8-9H2,1H3. The number of nitro groups is 1. The SMILES string of the molecule is CCCC(O)CNS(=O)(=O)Cc1ccccc1[N+](=O)[O-]. The number of nitrogens with one attached hydrogen (secondary N) is 1. The molecule has 8 heteroatoms. The maximum absolute atomic E-state index is 11.8. The Kier molecular flexibility index (Phi) is 6.05. The van der Waals surface area contributed by atoms with Crippen molar-refractivity contribution in [2.24, 2.45) is 0 Å². The molecule has 0 spiro atoms. The molecule has 0 saturated heterocycles. The predicted octanol–water partition coefficient (Wildman–Crippen LogP) is 1.18. The van der Waals surface area contributed by atoms with Crippen molar-refractivity contribution in [3.63, 3.8) is 0 Å². The van der Waals surface area contributed by atoms with Crippen LogP contribution in [0.15, 0.2) is 24.3 Å². The van der Waals surface area contributed by atoms with Crippen LogP contribution in [0.25, 0.3) is 0 Å². The van der Waals surface area contributed by atoms with Crippen LogP contribution in [0, 0.1) is 10.1 Å². The first-order chi connectivity index (χ1) is 9.35. The van der Waals surface area contributed by atoms with Crippen LogP contribution < -0.4 is 4.72 Å². The first-order valence-electron chi connectivity index (χ1n) is 6.23. The summed E-state index contributed by atoms with van der Waals surface area (Å²) in [6.45, 7) is 1.79. The van der Waals surface area contributed by atoms with Gasteiger partial charge in [-0.2, -0.15) is 0 Å². The molecule has 1 rings (SSSR count). The van der Waals surface area contributed by atoms with E-state index in [1.165, 1.54) is 18.2 Å². The Morgan fingerprint density at radius 3 is 2.65 bits per heavy atom. The van der Waals surface area contributed by atoms with Gasteiger partial charge in [-0.15, -0.1) is 0 Å². The fourth-order valence-electron chi connectivity index (χ4n) is 1.73. The number of aliphatic hydroxyl groups excluding tert-OH is 1. The lowest BCUT2D eigenvalue weighted by molar-refractivity contribution is -0.385. The molecule has 1 unspecified atom stereocenters. The minimum atomic E-state index is -3.72. The lowest BCUT2D eigenvalue weighted by Gasteiger charge is -2.11. The number of para-hydroxylation sites is 1. The van der Waals surface area contributed by atoms with Crippen LogP contribution in [0.4, 0.5) is 5.69 Å². The van der Waals surface area contributed by atoms with Crippen molar-refractivity contribution in [3.8, 4) is 0 Å². The first kappa shape index (κ1) is 16.5. The molecule has 7 nitrogen and oxygen atoms in total. The molecule has 0 amide bonds. The normalized spacial score (nSPS) is 13.1. The molecule has 0 fully saturated rings. The van der Waals surface area contributed by atoms with Gasteiger partial charge in [-0.1, -0.05) is 31.5 Å². The molecule has 0 aliphatic rings. The van der Waals surface area contributed by atoms with E-state index in [0.717, 1.165) is 6.42 Å². The van der Waals surface area contributed by atoms with Crippen LogP contribution in [0.1, 0.15) is 25.3 Å². The number of aliphatic hydroxyl groups is 1. The summed E-state index contributed by atoms with van der Waals surface area (Å²) in [7, 11) is -3.72. The van der Waals surface area contributed by atoms with Crippen molar-refractivity contribution in [2.75, 3.05) is 6.54 Å². The maximum atomic E-state index is 11.8. The summed E-state index contributed by atoms with van der Waals surface area (Å²) in [4.78, 5) is 10.2. The van der Waals surface area contributed by atoms with Gasteiger partial charge >= 0.3 is 0 Å². The Labute approximate surface area is 117 Å². The summed E-state index contributed by atoms with van der Waals surface area (Å²) in [6, 6.07) is 5.69. The fraction of sp³-hybridized carbons (Fsp3) is 0.500. The lowest BCUT2D eigenvalue weighted by Crippen LogP contribution is -2.33. The van der Waals surface area contributed by atoms with Crippen LogP contribution in [-0.4, -0.2) is 31.1 Å². The van der Waals surface area contributed by atoms with Gasteiger partial charge in [0.25, 0.3) is 5.69 Å². The van der Waals surface area contributed by atoms with Crippen LogP contribution in [-0.2, 0) is 15.8 Å². The summed E-state index contributed by atoms with van der Waals surface area (Å²) in [5, 5.41) is 20.3. The Morgan fingerprint density at radius 1 is 1.40 bits per heavy atom. The minimum absolute atomic E-state index is 0.0865. The highest BCUT2D eigenvalue weighted by Crippen LogP contribution is 2.19. The van der Waals surface area contributed by atoms with Crippen molar-refractivity contribution in [2.45, 2.75) is 31.6 Å². The van der Waals surface area contributed by atoms with E-state index in [4.69, 9.17) is 0 Å². The molecular weight excluding hydrogens is 284 g/mol. The maximum Gasteiger partial charge on any atom is 0.273 e. The van der Waals surface area contributed by atoms with Crippen molar-refractivity contribution < 1.29 is 18.4 Å². The molecular formula is C12H18N2O5S. The van der Waals surface area contributed by atoms with Gasteiger partial charge in [-0.3, -0.25) is 10.1 Å². The molecule has 20 heavy (non-hydrogen) atoms. The smallest absolute Gasteiger partial charge is 0.273 e. The zero-order valence-corrected chi connectivity index (χ0v) is 12.0. The van der Waals surface area contributed by atoms with Crippen molar-refractivity contribution in [1.29, 1.82) is 0 Å². The monoisotopic (exact) mass is 302 g/mol. The average molecular weight is 302 g/mol. The molecule has 0 saturated carbocycles. The highest BCUT2D eigenvalue weighted by Gasteiger charge is 2.20. The largest absolute Gasteiger partial charge is 0.392 e. The predicted molar refractivity (Wildman–Crippen MR) is 74.6 cm³/mol. The number of benzene rings is 1. The molecule has 2 N–H and O–H groups in total. The van der Waals surface area contributed by atoms with Gasteiger partial charge in [0, 0.05) is 18.2 Å². The third-order valence-electron chi connectivity index (χ3n) is 2.69. The van der Waals surface area contributed by atoms with Crippen LogP contribution in [0.5, 0.6) is 0 Å². The number of hydrogen-bond donors (Lipinski definition) is 2.